The molecule has 0 heterocycles. The molecular weight excluding hydrogens is 252 g/mol. The van der Waals surface area contributed by atoms with E-state index in [9.17, 15) is 5.11 Å². The average Bonchev–Trinajstić information content (AvgIpc) is 2.41. The molecule has 1 N–H and O–H groups in total. The minimum atomic E-state index is -0.669. The highest BCUT2D eigenvalue weighted by Gasteiger charge is 2.16. The molecule has 1 aromatic rings. The first kappa shape index (κ1) is 16.5. The SMILES string of the molecule is CCN(CCCOc1cccc(C#N)c1)CC(C)(C)O. The maximum atomic E-state index is 9.81. The summed E-state index contributed by atoms with van der Waals surface area (Å²) in [5.74, 6) is 0.731. The van der Waals surface area contributed by atoms with Crippen molar-refractivity contribution in [2.75, 3.05) is 26.2 Å². The highest BCUT2D eigenvalue weighted by atomic mass is 16.5. The lowest BCUT2D eigenvalue weighted by Crippen LogP contribution is -2.39. The van der Waals surface area contributed by atoms with Crippen LogP contribution in [0.15, 0.2) is 24.3 Å². The van der Waals surface area contributed by atoms with E-state index in [-0.39, 0.29) is 0 Å². The van der Waals surface area contributed by atoms with Crippen LogP contribution >= 0.6 is 0 Å². The lowest BCUT2D eigenvalue weighted by molar-refractivity contribution is 0.0364. The molecule has 0 amide bonds. The van der Waals surface area contributed by atoms with Crippen LogP contribution in [0.4, 0.5) is 0 Å². The predicted molar refractivity (Wildman–Crippen MR) is 79.7 cm³/mol. The van der Waals surface area contributed by atoms with E-state index >= 15 is 0 Å². The maximum Gasteiger partial charge on any atom is 0.120 e. The van der Waals surface area contributed by atoms with Gasteiger partial charge in [0.2, 0.25) is 0 Å². The summed E-state index contributed by atoms with van der Waals surface area (Å²) in [6.07, 6.45) is 0.890. The lowest BCUT2D eigenvalue weighted by atomic mass is 10.1. The third-order valence-corrected chi connectivity index (χ3v) is 2.91. The quantitative estimate of drug-likeness (QED) is 0.741. The van der Waals surface area contributed by atoms with Gasteiger partial charge in [-0.05, 0) is 45.0 Å². The number of rotatable bonds is 8. The number of benzene rings is 1. The second-order valence-corrected chi connectivity index (χ2v) is 5.52. The first-order valence-corrected chi connectivity index (χ1v) is 7.02. The third-order valence-electron chi connectivity index (χ3n) is 2.91. The summed E-state index contributed by atoms with van der Waals surface area (Å²) in [5.41, 5.74) is -0.0578. The summed E-state index contributed by atoms with van der Waals surface area (Å²) in [6.45, 7) is 8.79. The molecule has 20 heavy (non-hydrogen) atoms. The van der Waals surface area contributed by atoms with Crippen molar-refractivity contribution in [2.45, 2.75) is 32.8 Å². The molecule has 0 radical (unpaired) electrons. The van der Waals surface area contributed by atoms with Gasteiger partial charge in [-0.15, -0.1) is 0 Å². The lowest BCUT2D eigenvalue weighted by Gasteiger charge is -2.27. The van der Waals surface area contributed by atoms with Crippen LogP contribution in [-0.4, -0.2) is 41.8 Å². The van der Waals surface area contributed by atoms with Crippen molar-refractivity contribution in [2.24, 2.45) is 0 Å². The number of nitriles is 1. The third kappa shape index (κ3) is 6.55. The molecule has 1 rings (SSSR count). The van der Waals surface area contributed by atoms with Gasteiger partial charge in [0.25, 0.3) is 0 Å². The molecule has 0 aliphatic heterocycles. The van der Waals surface area contributed by atoms with Crippen molar-refractivity contribution >= 4 is 0 Å². The zero-order chi connectivity index (χ0) is 15.0. The Balaban J connectivity index is 2.31. The first-order chi connectivity index (χ1) is 9.44. The van der Waals surface area contributed by atoms with Crippen LogP contribution in [0.3, 0.4) is 0 Å². The second-order valence-electron chi connectivity index (χ2n) is 5.52. The van der Waals surface area contributed by atoms with Crippen LogP contribution in [0.5, 0.6) is 5.75 Å². The molecular formula is C16H24N2O2. The molecule has 4 nitrogen and oxygen atoms in total. The van der Waals surface area contributed by atoms with Crippen LogP contribution in [0.2, 0.25) is 0 Å². The van der Waals surface area contributed by atoms with Crippen LogP contribution in [0.25, 0.3) is 0 Å². The van der Waals surface area contributed by atoms with Crippen LogP contribution in [0, 0.1) is 11.3 Å². The van der Waals surface area contributed by atoms with Gasteiger partial charge in [0, 0.05) is 13.1 Å². The fraction of sp³-hybridized carbons (Fsp3) is 0.562. The van der Waals surface area contributed by atoms with Gasteiger partial charge in [-0.2, -0.15) is 5.26 Å². The van der Waals surface area contributed by atoms with Crippen molar-refractivity contribution in [1.29, 1.82) is 5.26 Å². The van der Waals surface area contributed by atoms with E-state index < -0.39 is 5.60 Å². The average molecular weight is 276 g/mol. The Hall–Kier alpha value is -1.57. The molecule has 1 aromatic carbocycles. The molecule has 110 valence electrons. The topological polar surface area (TPSA) is 56.5 Å². The number of aliphatic hydroxyl groups is 1. The number of nitrogens with zero attached hydrogens (tertiary/aromatic N) is 2. The Labute approximate surface area is 121 Å². The van der Waals surface area contributed by atoms with E-state index in [0.717, 1.165) is 25.3 Å². The summed E-state index contributed by atoms with van der Waals surface area (Å²) >= 11 is 0. The van der Waals surface area contributed by atoms with Crippen molar-refractivity contribution < 1.29 is 9.84 Å². The van der Waals surface area contributed by atoms with Crippen molar-refractivity contribution in [1.82, 2.24) is 4.90 Å². The monoisotopic (exact) mass is 276 g/mol. The predicted octanol–water partition coefficient (Wildman–Crippen LogP) is 2.42. The van der Waals surface area contributed by atoms with Gasteiger partial charge in [-0.1, -0.05) is 13.0 Å². The van der Waals surface area contributed by atoms with Gasteiger partial charge in [0.05, 0.1) is 23.8 Å². The first-order valence-electron chi connectivity index (χ1n) is 7.02. The van der Waals surface area contributed by atoms with E-state index in [1.807, 2.05) is 26.0 Å². The zero-order valence-electron chi connectivity index (χ0n) is 12.6. The summed E-state index contributed by atoms with van der Waals surface area (Å²) in [5, 5.41) is 18.6. The molecule has 0 atom stereocenters. The molecule has 0 fully saturated rings. The molecule has 0 aromatic heterocycles. The van der Waals surface area contributed by atoms with E-state index in [4.69, 9.17) is 10.00 Å². The molecule has 0 spiro atoms. The summed E-state index contributed by atoms with van der Waals surface area (Å²) in [6, 6.07) is 9.27. The van der Waals surface area contributed by atoms with Crippen LogP contribution in [-0.2, 0) is 0 Å². The molecule has 0 aliphatic rings. The zero-order valence-corrected chi connectivity index (χ0v) is 12.6. The van der Waals surface area contributed by atoms with Crippen molar-refractivity contribution in [3.05, 3.63) is 29.8 Å². The highest BCUT2D eigenvalue weighted by molar-refractivity contribution is 5.36. The summed E-state index contributed by atoms with van der Waals surface area (Å²) < 4.78 is 5.63. The minimum absolute atomic E-state index is 0.608. The Bertz CT molecular complexity index is 447. The van der Waals surface area contributed by atoms with Crippen LogP contribution < -0.4 is 4.74 Å². The Morgan fingerprint density at radius 1 is 1.40 bits per heavy atom. The fourth-order valence-electron chi connectivity index (χ4n) is 2.03. The van der Waals surface area contributed by atoms with E-state index in [2.05, 4.69) is 17.9 Å². The number of hydrogen-bond donors (Lipinski definition) is 1. The Kier molecular flexibility index (Phi) is 6.50. The van der Waals surface area contributed by atoms with E-state index in [0.29, 0.717) is 18.7 Å². The fourth-order valence-corrected chi connectivity index (χ4v) is 2.03. The molecule has 0 aliphatic carbocycles. The van der Waals surface area contributed by atoms with Crippen molar-refractivity contribution in [3.8, 4) is 11.8 Å². The van der Waals surface area contributed by atoms with E-state index in [1.165, 1.54) is 0 Å². The number of hydrogen-bond acceptors (Lipinski definition) is 4. The van der Waals surface area contributed by atoms with Gasteiger partial charge in [-0.25, -0.2) is 0 Å². The summed E-state index contributed by atoms with van der Waals surface area (Å²) in [7, 11) is 0. The van der Waals surface area contributed by atoms with Crippen LogP contribution in [0.1, 0.15) is 32.8 Å². The van der Waals surface area contributed by atoms with Gasteiger partial charge >= 0.3 is 0 Å². The largest absolute Gasteiger partial charge is 0.494 e. The minimum Gasteiger partial charge on any atom is -0.494 e. The molecule has 0 bridgehead atoms. The van der Waals surface area contributed by atoms with E-state index in [1.54, 1.807) is 12.1 Å². The molecule has 0 saturated heterocycles. The van der Waals surface area contributed by atoms with Gasteiger partial charge in [-0.3, -0.25) is 0 Å². The number of ether oxygens (including phenoxy) is 1. The smallest absolute Gasteiger partial charge is 0.120 e. The Morgan fingerprint density at radius 3 is 2.75 bits per heavy atom. The van der Waals surface area contributed by atoms with Crippen molar-refractivity contribution in [3.63, 3.8) is 0 Å². The van der Waals surface area contributed by atoms with Gasteiger partial charge in [0.15, 0.2) is 0 Å². The number of likely N-dealkylation sites (N-methyl/N-ethyl adjacent to an activating group) is 1. The normalized spacial score (nSPS) is 11.4. The maximum absolute atomic E-state index is 9.81. The molecule has 0 unspecified atom stereocenters. The second kappa shape index (κ2) is 7.88. The standard InChI is InChI=1S/C16H24N2O2/c1-4-18(13-16(2,3)19)9-6-10-20-15-8-5-7-14(11-15)12-17/h5,7-8,11,19H,4,6,9-10,13H2,1-3H3. The molecule has 0 saturated carbocycles. The highest BCUT2D eigenvalue weighted by Crippen LogP contribution is 2.13. The molecule has 4 heteroatoms. The van der Waals surface area contributed by atoms with Gasteiger partial charge in [0.1, 0.15) is 5.75 Å². The Morgan fingerprint density at radius 2 is 2.15 bits per heavy atom. The van der Waals surface area contributed by atoms with Gasteiger partial charge < -0.3 is 14.7 Å². The summed E-state index contributed by atoms with van der Waals surface area (Å²) in [4.78, 5) is 2.20.